The molecule has 2 aliphatic heterocycles. The highest BCUT2D eigenvalue weighted by molar-refractivity contribution is 5.44. The molecule has 0 aromatic heterocycles. The van der Waals surface area contributed by atoms with E-state index in [4.69, 9.17) is 18.9 Å². The van der Waals surface area contributed by atoms with Crippen molar-refractivity contribution in [1.29, 1.82) is 0 Å². The molecule has 4 nitrogen and oxygen atoms in total. The van der Waals surface area contributed by atoms with Gasteiger partial charge in [0.25, 0.3) is 0 Å². The summed E-state index contributed by atoms with van der Waals surface area (Å²) in [5, 5.41) is 0. The summed E-state index contributed by atoms with van der Waals surface area (Å²) < 4.78 is 23.8. The van der Waals surface area contributed by atoms with Gasteiger partial charge in [-0.05, 0) is 42.4 Å². The van der Waals surface area contributed by atoms with Gasteiger partial charge in [0, 0.05) is 18.3 Å². The molecule has 4 rings (SSSR count). The summed E-state index contributed by atoms with van der Waals surface area (Å²) in [6.45, 7) is 8.81. The van der Waals surface area contributed by atoms with E-state index in [-0.39, 0.29) is 5.79 Å². The first-order valence-corrected chi connectivity index (χ1v) is 9.72. The Morgan fingerprint density at radius 1 is 1.08 bits per heavy atom. The Morgan fingerprint density at radius 3 is 2.60 bits per heavy atom. The molecule has 2 fully saturated rings. The standard InChI is InChI=1S/C21H30O4/c1-14(2)18-6-4-15(3)10-21(18)24-11-17(12-25-21)8-16-5-7-19-20(9-16)23-13-22-19/h5,7,9,14-15,17-18H,4,6,8,10-13H2,1-3H3/t15-,17?,18+,21?/m1/s1. The Hall–Kier alpha value is -1.26. The van der Waals surface area contributed by atoms with Crippen LogP contribution in [0.15, 0.2) is 18.2 Å². The Balaban J connectivity index is 1.40. The Bertz CT molecular complexity index is 604. The minimum Gasteiger partial charge on any atom is -0.454 e. The molecule has 1 saturated heterocycles. The lowest BCUT2D eigenvalue weighted by atomic mass is 9.72. The zero-order valence-electron chi connectivity index (χ0n) is 15.6. The fourth-order valence-corrected chi connectivity index (χ4v) is 4.72. The molecule has 0 N–H and O–H groups in total. The van der Waals surface area contributed by atoms with Crippen LogP contribution >= 0.6 is 0 Å². The van der Waals surface area contributed by atoms with Crippen molar-refractivity contribution in [2.24, 2.45) is 23.7 Å². The van der Waals surface area contributed by atoms with Crippen LogP contribution in [0.4, 0.5) is 0 Å². The number of hydrogen-bond donors (Lipinski definition) is 0. The summed E-state index contributed by atoms with van der Waals surface area (Å²) in [7, 11) is 0. The van der Waals surface area contributed by atoms with Crippen molar-refractivity contribution in [2.45, 2.75) is 52.2 Å². The Kier molecular flexibility index (Phi) is 4.67. The summed E-state index contributed by atoms with van der Waals surface area (Å²) in [6, 6.07) is 6.21. The summed E-state index contributed by atoms with van der Waals surface area (Å²) >= 11 is 0. The number of benzene rings is 1. The highest BCUT2D eigenvalue weighted by Gasteiger charge is 2.48. The fraction of sp³-hybridized carbons (Fsp3) is 0.714. The molecule has 4 heteroatoms. The maximum Gasteiger partial charge on any atom is 0.231 e. The SMILES string of the molecule is CC(C)[C@@H]1CC[C@@H](C)CC12OCC(Cc1ccc3c(c1)OCO3)CO2. The minimum absolute atomic E-state index is 0.325. The van der Waals surface area contributed by atoms with Crippen molar-refractivity contribution < 1.29 is 18.9 Å². The van der Waals surface area contributed by atoms with Crippen LogP contribution in [0.25, 0.3) is 0 Å². The Labute approximate surface area is 150 Å². The van der Waals surface area contributed by atoms with Crippen LogP contribution in [0, 0.1) is 23.7 Å². The predicted molar refractivity (Wildman–Crippen MR) is 95.7 cm³/mol. The van der Waals surface area contributed by atoms with E-state index < -0.39 is 0 Å². The zero-order valence-corrected chi connectivity index (χ0v) is 15.6. The molecular weight excluding hydrogens is 316 g/mol. The molecule has 1 aromatic carbocycles. The lowest BCUT2D eigenvalue weighted by Gasteiger charge is -2.50. The van der Waals surface area contributed by atoms with Crippen LogP contribution in [-0.2, 0) is 15.9 Å². The second-order valence-electron chi connectivity index (χ2n) is 8.43. The van der Waals surface area contributed by atoms with Gasteiger partial charge in [0.2, 0.25) is 6.79 Å². The molecule has 0 unspecified atom stereocenters. The van der Waals surface area contributed by atoms with E-state index in [0.717, 1.165) is 37.6 Å². The molecule has 2 heterocycles. The molecule has 1 saturated carbocycles. The molecule has 0 bridgehead atoms. The monoisotopic (exact) mass is 346 g/mol. The van der Waals surface area contributed by atoms with Gasteiger partial charge in [-0.15, -0.1) is 0 Å². The molecule has 0 radical (unpaired) electrons. The second-order valence-corrected chi connectivity index (χ2v) is 8.43. The number of hydrogen-bond acceptors (Lipinski definition) is 4. The average Bonchev–Trinajstić information content (AvgIpc) is 3.04. The number of fused-ring (bicyclic) bond motifs is 1. The van der Waals surface area contributed by atoms with Crippen molar-refractivity contribution in [1.82, 2.24) is 0 Å². The predicted octanol–water partition coefficient (Wildman–Crippen LogP) is 4.41. The van der Waals surface area contributed by atoms with Crippen LogP contribution in [0.3, 0.4) is 0 Å². The maximum atomic E-state index is 6.45. The van der Waals surface area contributed by atoms with Gasteiger partial charge in [-0.2, -0.15) is 0 Å². The fourth-order valence-electron chi connectivity index (χ4n) is 4.72. The van der Waals surface area contributed by atoms with Gasteiger partial charge >= 0.3 is 0 Å². The van der Waals surface area contributed by atoms with E-state index >= 15 is 0 Å². The van der Waals surface area contributed by atoms with Gasteiger partial charge in [0.05, 0.1) is 13.2 Å². The second kappa shape index (κ2) is 6.81. The van der Waals surface area contributed by atoms with E-state index in [9.17, 15) is 0 Å². The first-order chi connectivity index (χ1) is 12.1. The molecule has 0 amide bonds. The number of ether oxygens (including phenoxy) is 4. The summed E-state index contributed by atoms with van der Waals surface area (Å²) in [6.07, 6.45) is 4.49. The first kappa shape index (κ1) is 17.2. The van der Waals surface area contributed by atoms with Gasteiger partial charge in [-0.25, -0.2) is 0 Å². The van der Waals surface area contributed by atoms with E-state index in [1.165, 1.54) is 18.4 Å². The maximum absolute atomic E-state index is 6.45. The van der Waals surface area contributed by atoms with E-state index in [1.807, 2.05) is 6.07 Å². The van der Waals surface area contributed by atoms with Gasteiger partial charge < -0.3 is 18.9 Å². The van der Waals surface area contributed by atoms with Crippen molar-refractivity contribution in [2.75, 3.05) is 20.0 Å². The lowest BCUT2D eigenvalue weighted by Crippen LogP contribution is -2.54. The largest absolute Gasteiger partial charge is 0.454 e. The normalized spacial score (nSPS) is 34.6. The van der Waals surface area contributed by atoms with Gasteiger partial charge in [-0.3, -0.25) is 0 Å². The average molecular weight is 346 g/mol. The van der Waals surface area contributed by atoms with E-state index in [0.29, 0.717) is 30.5 Å². The van der Waals surface area contributed by atoms with Crippen LogP contribution in [0.1, 0.15) is 45.6 Å². The first-order valence-electron chi connectivity index (χ1n) is 9.72. The summed E-state index contributed by atoms with van der Waals surface area (Å²) in [4.78, 5) is 0. The van der Waals surface area contributed by atoms with Crippen molar-refractivity contribution in [3.05, 3.63) is 23.8 Å². The molecule has 25 heavy (non-hydrogen) atoms. The minimum atomic E-state index is -0.350. The highest BCUT2D eigenvalue weighted by Crippen LogP contribution is 2.46. The van der Waals surface area contributed by atoms with Crippen LogP contribution < -0.4 is 9.47 Å². The quantitative estimate of drug-likeness (QED) is 0.812. The molecule has 3 aliphatic rings. The summed E-state index contributed by atoms with van der Waals surface area (Å²) in [5.41, 5.74) is 1.26. The number of rotatable bonds is 3. The van der Waals surface area contributed by atoms with Crippen molar-refractivity contribution in [3.63, 3.8) is 0 Å². The zero-order chi connectivity index (χ0) is 17.4. The van der Waals surface area contributed by atoms with Gasteiger partial charge in [-0.1, -0.05) is 33.3 Å². The molecule has 1 aliphatic carbocycles. The van der Waals surface area contributed by atoms with Gasteiger partial charge in [0.1, 0.15) is 0 Å². The van der Waals surface area contributed by atoms with Crippen molar-refractivity contribution >= 4 is 0 Å². The molecule has 1 spiro atoms. The van der Waals surface area contributed by atoms with Crippen LogP contribution in [0.5, 0.6) is 11.5 Å². The topological polar surface area (TPSA) is 36.9 Å². The molecule has 1 aromatic rings. The highest BCUT2D eigenvalue weighted by atomic mass is 16.7. The summed E-state index contributed by atoms with van der Waals surface area (Å²) in [5.74, 6) is 3.53. The molecule has 2 atom stereocenters. The van der Waals surface area contributed by atoms with Crippen molar-refractivity contribution in [3.8, 4) is 11.5 Å². The molecular formula is C21H30O4. The van der Waals surface area contributed by atoms with E-state index in [2.05, 4.69) is 32.9 Å². The van der Waals surface area contributed by atoms with Gasteiger partial charge in [0.15, 0.2) is 17.3 Å². The smallest absolute Gasteiger partial charge is 0.231 e. The molecule has 138 valence electrons. The van der Waals surface area contributed by atoms with Crippen LogP contribution in [-0.4, -0.2) is 25.8 Å². The third-order valence-corrected chi connectivity index (χ3v) is 6.06. The van der Waals surface area contributed by atoms with Crippen LogP contribution in [0.2, 0.25) is 0 Å². The third kappa shape index (κ3) is 3.39. The lowest BCUT2D eigenvalue weighted by molar-refractivity contribution is -0.329. The third-order valence-electron chi connectivity index (χ3n) is 6.06. The Morgan fingerprint density at radius 2 is 1.84 bits per heavy atom. The van der Waals surface area contributed by atoms with E-state index in [1.54, 1.807) is 0 Å².